The van der Waals surface area contributed by atoms with E-state index in [-0.39, 0.29) is 30.2 Å². The fraction of sp³-hybridized carbons (Fsp3) is 0.185. The summed E-state index contributed by atoms with van der Waals surface area (Å²) in [6.07, 6.45) is 2.23. The van der Waals surface area contributed by atoms with E-state index in [1.54, 1.807) is 12.3 Å². The summed E-state index contributed by atoms with van der Waals surface area (Å²) >= 11 is 0. The van der Waals surface area contributed by atoms with Gasteiger partial charge in [0.1, 0.15) is 23.8 Å². The predicted octanol–water partition coefficient (Wildman–Crippen LogP) is 3.82. The molecule has 4 aromatic rings. The lowest BCUT2D eigenvalue weighted by Gasteiger charge is -2.18. The molecule has 182 valence electrons. The number of benzene rings is 2. The van der Waals surface area contributed by atoms with Crippen LogP contribution in [-0.4, -0.2) is 34.9 Å². The van der Waals surface area contributed by atoms with Crippen LogP contribution in [0.4, 0.5) is 10.2 Å². The van der Waals surface area contributed by atoms with Gasteiger partial charge in [-0.3, -0.25) is 14.6 Å². The standard InChI is InChI=1S/C27H24FN5O3/c28-19-10-9-18-15-32-27(35)23-24(36-16-17-6-2-1-3-7-17)22-20(8-4-11-29-22)25(33-23)30-12-5-13-31-26(34)21(18)14-19/h1-4,6-11,14H,5,12-13,15-16H2,(H,30,33)(H,31,34)(H,32,35). The van der Waals surface area contributed by atoms with E-state index < -0.39 is 17.6 Å². The number of fused-ring (bicyclic) bond motifs is 5. The number of aromatic nitrogens is 2. The molecule has 3 heterocycles. The Kier molecular flexibility index (Phi) is 6.70. The summed E-state index contributed by atoms with van der Waals surface area (Å²) in [5, 5.41) is 9.58. The molecule has 8 nitrogen and oxygen atoms in total. The molecule has 2 aromatic heterocycles. The van der Waals surface area contributed by atoms with E-state index in [2.05, 4.69) is 25.9 Å². The predicted molar refractivity (Wildman–Crippen MR) is 133 cm³/mol. The van der Waals surface area contributed by atoms with Crippen LogP contribution in [0.1, 0.15) is 38.4 Å². The highest BCUT2D eigenvalue weighted by molar-refractivity contribution is 6.04. The van der Waals surface area contributed by atoms with E-state index >= 15 is 0 Å². The Morgan fingerprint density at radius 2 is 1.75 bits per heavy atom. The van der Waals surface area contributed by atoms with Gasteiger partial charge in [-0.25, -0.2) is 9.37 Å². The molecule has 0 atom stereocenters. The minimum atomic E-state index is -0.526. The van der Waals surface area contributed by atoms with E-state index in [4.69, 9.17) is 4.74 Å². The van der Waals surface area contributed by atoms with Crippen LogP contribution in [0.25, 0.3) is 10.9 Å². The number of carbonyl (C=O) groups is 2. The van der Waals surface area contributed by atoms with Gasteiger partial charge in [0.05, 0.1) is 0 Å². The van der Waals surface area contributed by atoms with Crippen LogP contribution in [0, 0.1) is 5.82 Å². The summed E-state index contributed by atoms with van der Waals surface area (Å²) in [5.74, 6) is -0.653. The Morgan fingerprint density at radius 1 is 0.917 bits per heavy atom. The second-order valence-electron chi connectivity index (χ2n) is 8.33. The molecular weight excluding hydrogens is 461 g/mol. The number of pyridine rings is 2. The molecular formula is C27H24FN5O3. The van der Waals surface area contributed by atoms with Gasteiger partial charge in [-0.15, -0.1) is 0 Å². The van der Waals surface area contributed by atoms with E-state index in [0.29, 0.717) is 41.8 Å². The molecule has 2 bridgehead atoms. The lowest BCUT2D eigenvalue weighted by molar-refractivity contribution is 0.0929. The van der Waals surface area contributed by atoms with Crippen molar-refractivity contribution in [2.45, 2.75) is 19.6 Å². The van der Waals surface area contributed by atoms with Crippen molar-refractivity contribution in [2.75, 3.05) is 18.4 Å². The van der Waals surface area contributed by atoms with Gasteiger partial charge in [0, 0.05) is 36.8 Å². The zero-order chi connectivity index (χ0) is 24.9. The van der Waals surface area contributed by atoms with Crippen LogP contribution in [-0.2, 0) is 13.2 Å². The van der Waals surface area contributed by atoms with Crippen molar-refractivity contribution in [3.8, 4) is 5.75 Å². The molecule has 0 aliphatic carbocycles. The zero-order valence-corrected chi connectivity index (χ0v) is 19.4. The molecule has 3 N–H and O–H groups in total. The topological polar surface area (TPSA) is 105 Å². The molecule has 1 aliphatic rings. The third-order valence-corrected chi connectivity index (χ3v) is 5.85. The first kappa shape index (κ1) is 23.2. The SMILES string of the molecule is O=C1NCCCNc2nc(c(OCc3ccccc3)c3ncccc23)C(=O)NCc2ccc(F)cc21. The third kappa shape index (κ3) is 4.95. The largest absolute Gasteiger partial charge is 0.484 e. The summed E-state index contributed by atoms with van der Waals surface area (Å²) < 4.78 is 20.0. The number of nitrogens with one attached hydrogen (secondary N) is 3. The average Bonchev–Trinajstić information content (AvgIpc) is 2.91. The average molecular weight is 486 g/mol. The number of carbonyl (C=O) groups excluding carboxylic acids is 2. The quantitative estimate of drug-likeness (QED) is 0.408. The van der Waals surface area contributed by atoms with Gasteiger partial charge in [-0.05, 0) is 41.8 Å². The summed E-state index contributed by atoms with van der Waals surface area (Å²) in [7, 11) is 0. The first-order valence-electron chi connectivity index (χ1n) is 11.6. The number of halogens is 1. The van der Waals surface area contributed by atoms with E-state index in [0.717, 1.165) is 5.56 Å². The number of anilines is 1. The zero-order valence-electron chi connectivity index (χ0n) is 19.4. The minimum Gasteiger partial charge on any atom is -0.484 e. The highest BCUT2D eigenvalue weighted by atomic mass is 19.1. The highest BCUT2D eigenvalue weighted by Crippen LogP contribution is 2.32. The third-order valence-electron chi connectivity index (χ3n) is 5.85. The lowest BCUT2D eigenvalue weighted by Crippen LogP contribution is -2.30. The molecule has 0 unspecified atom stereocenters. The van der Waals surface area contributed by atoms with Crippen LogP contribution in [0.2, 0.25) is 0 Å². The molecule has 0 spiro atoms. The number of rotatable bonds is 3. The summed E-state index contributed by atoms with van der Waals surface area (Å²) in [4.78, 5) is 35.2. The molecule has 0 radical (unpaired) electrons. The van der Waals surface area contributed by atoms with Gasteiger partial charge >= 0.3 is 0 Å². The van der Waals surface area contributed by atoms with E-state index in [9.17, 15) is 14.0 Å². The molecule has 0 saturated carbocycles. The monoisotopic (exact) mass is 485 g/mol. The minimum absolute atomic E-state index is 0.00465. The van der Waals surface area contributed by atoms with E-state index in [1.165, 1.54) is 18.2 Å². The van der Waals surface area contributed by atoms with Crippen molar-refractivity contribution in [1.29, 1.82) is 0 Å². The second kappa shape index (κ2) is 10.4. The van der Waals surface area contributed by atoms with Gasteiger partial charge in [-0.1, -0.05) is 36.4 Å². The highest BCUT2D eigenvalue weighted by Gasteiger charge is 2.23. The van der Waals surface area contributed by atoms with Gasteiger partial charge in [0.25, 0.3) is 11.8 Å². The molecule has 2 aromatic carbocycles. The summed E-state index contributed by atoms with van der Waals surface area (Å²) in [6.45, 7) is 1.10. The number of hydrogen-bond donors (Lipinski definition) is 3. The smallest absolute Gasteiger partial charge is 0.274 e. The van der Waals surface area contributed by atoms with Crippen molar-refractivity contribution in [3.63, 3.8) is 0 Å². The Balaban J connectivity index is 1.56. The van der Waals surface area contributed by atoms with E-state index in [1.807, 2.05) is 36.4 Å². The molecule has 9 heteroatoms. The van der Waals surface area contributed by atoms with Gasteiger partial charge in [0.2, 0.25) is 0 Å². The first-order chi connectivity index (χ1) is 17.6. The molecule has 0 saturated heterocycles. The summed E-state index contributed by atoms with van der Waals surface area (Å²) in [5.41, 5.74) is 2.18. The summed E-state index contributed by atoms with van der Waals surface area (Å²) in [6, 6.07) is 17.2. The molecule has 1 aliphatic heterocycles. The van der Waals surface area contributed by atoms with Crippen LogP contribution < -0.4 is 20.7 Å². The normalized spacial score (nSPS) is 14.1. The van der Waals surface area contributed by atoms with Gasteiger partial charge in [-0.2, -0.15) is 0 Å². The lowest BCUT2D eigenvalue weighted by atomic mass is 10.1. The maximum Gasteiger partial charge on any atom is 0.274 e. The molecule has 2 amide bonds. The number of nitrogens with zero attached hydrogens (tertiary/aromatic N) is 2. The Labute approximate surface area is 206 Å². The van der Waals surface area contributed by atoms with Crippen LogP contribution in [0.15, 0.2) is 66.9 Å². The number of amides is 2. The Morgan fingerprint density at radius 3 is 2.61 bits per heavy atom. The first-order valence-corrected chi connectivity index (χ1v) is 11.6. The number of ether oxygens (including phenoxy) is 1. The van der Waals surface area contributed by atoms with Crippen LogP contribution >= 0.6 is 0 Å². The van der Waals surface area contributed by atoms with Crippen molar-refractivity contribution < 1.29 is 18.7 Å². The van der Waals surface area contributed by atoms with Crippen molar-refractivity contribution in [1.82, 2.24) is 20.6 Å². The Bertz CT molecular complexity index is 1430. The Hall–Kier alpha value is -4.53. The maximum absolute atomic E-state index is 13.9. The molecule has 0 fully saturated rings. The molecule has 5 rings (SSSR count). The fourth-order valence-electron chi connectivity index (χ4n) is 4.03. The van der Waals surface area contributed by atoms with Crippen molar-refractivity contribution in [3.05, 3.63) is 95.1 Å². The fourth-order valence-corrected chi connectivity index (χ4v) is 4.03. The van der Waals surface area contributed by atoms with Crippen LogP contribution in [0.3, 0.4) is 0 Å². The molecule has 36 heavy (non-hydrogen) atoms. The van der Waals surface area contributed by atoms with Gasteiger partial charge < -0.3 is 20.7 Å². The second-order valence-corrected chi connectivity index (χ2v) is 8.33. The van der Waals surface area contributed by atoms with Crippen molar-refractivity contribution in [2.24, 2.45) is 0 Å². The van der Waals surface area contributed by atoms with Crippen LogP contribution in [0.5, 0.6) is 5.75 Å². The van der Waals surface area contributed by atoms with Crippen molar-refractivity contribution >= 4 is 28.5 Å². The van der Waals surface area contributed by atoms with Gasteiger partial charge in [0.15, 0.2) is 11.4 Å². The maximum atomic E-state index is 13.9. The number of hydrogen-bond acceptors (Lipinski definition) is 6.